The predicted molar refractivity (Wildman–Crippen MR) is 41.3 cm³/mol. The van der Waals surface area contributed by atoms with Crippen LogP contribution in [0.25, 0.3) is 0 Å². The number of allylic oxidation sites excluding steroid dienone is 2. The fourth-order valence-corrected chi connectivity index (χ4v) is 1.34. The average molecular weight is 173 g/mol. The second kappa shape index (κ2) is 2.89. The fourth-order valence-electron chi connectivity index (χ4n) is 0.800. The highest BCUT2D eigenvalue weighted by Crippen LogP contribution is 2.03. The Morgan fingerprint density at radius 3 is 2.55 bits per heavy atom. The molecular formula is C6H7NO3S. The first kappa shape index (κ1) is 8.03. The maximum atomic E-state index is 10.4. The summed E-state index contributed by atoms with van der Waals surface area (Å²) in [6.07, 6.45) is 3.19. The number of nitrogens with two attached hydrogens (primary N) is 1. The second-order valence-electron chi connectivity index (χ2n) is 2.05. The zero-order chi connectivity index (χ0) is 8.43. The van der Waals surface area contributed by atoms with E-state index in [1.54, 1.807) is 0 Å². The molecule has 0 saturated carbocycles. The first-order valence-corrected chi connectivity index (χ1v) is 3.99. The molecule has 0 aromatic carbocycles. The molecule has 4 nitrogen and oxygen atoms in total. The lowest BCUT2D eigenvalue weighted by Gasteiger charge is -2.09. The van der Waals surface area contributed by atoms with Crippen molar-refractivity contribution in [1.29, 1.82) is 0 Å². The Morgan fingerprint density at radius 2 is 2.18 bits per heavy atom. The number of hydrogen-bond donors (Lipinski definition) is 2. The summed E-state index contributed by atoms with van der Waals surface area (Å²) in [6.45, 7) is 0. The SMILES string of the molecule is NC1=CC=CC(O)C1=S(=O)=O. The summed E-state index contributed by atoms with van der Waals surface area (Å²) < 4.78 is 20.8. The van der Waals surface area contributed by atoms with E-state index in [1.807, 2.05) is 0 Å². The van der Waals surface area contributed by atoms with Gasteiger partial charge in [-0.05, 0) is 6.08 Å². The van der Waals surface area contributed by atoms with E-state index in [-0.39, 0.29) is 10.6 Å². The van der Waals surface area contributed by atoms with Crippen molar-refractivity contribution in [2.24, 2.45) is 5.73 Å². The molecule has 11 heavy (non-hydrogen) atoms. The molecule has 0 radical (unpaired) electrons. The third kappa shape index (κ3) is 1.50. The Balaban J connectivity index is 3.28. The van der Waals surface area contributed by atoms with Crippen LogP contribution < -0.4 is 5.73 Å². The normalized spacial score (nSPS) is 23.2. The van der Waals surface area contributed by atoms with Crippen LogP contribution in [0.4, 0.5) is 0 Å². The van der Waals surface area contributed by atoms with Crippen LogP contribution >= 0.6 is 0 Å². The molecule has 1 unspecified atom stereocenters. The monoisotopic (exact) mass is 173 g/mol. The third-order valence-electron chi connectivity index (χ3n) is 1.30. The van der Waals surface area contributed by atoms with Gasteiger partial charge < -0.3 is 10.8 Å². The Kier molecular flexibility index (Phi) is 2.11. The molecule has 3 N–H and O–H groups in total. The van der Waals surface area contributed by atoms with Crippen LogP contribution in [0.5, 0.6) is 0 Å². The van der Waals surface area contributed by atoms with Gasteiger partial charge in [-0.3, -0.25) is 0 Å². The lowest BCUT2D eigenvalue weighted by molar-refractivity contribution is 0.290. The molecule has 0 aromatic heterocycles. The summed E-state index contributed by atoms with van der Waals surface area (Å²) in [5.41, 5.74) is 5.38. The maximum Gasteiger partial charge on any atom is 0.222 e. The van der Waals surface area contributed by atoms with Gasteiger partial charge in [0.15, 0.2) is 0 Å². The van der Waals surface area contributed by atoms with Gasteiger partial charge in [-0.1, -0.05) is 12.2 Å². The largest absolute Gasteiger partial charge is 0.398 e. The van der Waals surface area contributed by atoms with Gasteiger partial charge in [-0.2, -0.15) is 8.42 Å². The summed E-state index contributed by atoms with van der Waals surface area (Å²) in [6, 6.07) is 0. The van der Waals surface area contributed by atoms with Crippen molar-refractivity contribution < 1.29 is 13.5 Å². The van der Waals surface area contributed by atoms with Gasteiger partial charge in [0.2, 0.25) is 10.3 Å². The Bertz CT molecular complexity index is 342. The van der Waals surface area contributed by atoms with Crippen molar-refractivity contribution in [2.75, 3.05) is 0 Å². The molecular weight excluding hydrogens is 166 g/mol. The van der Waals surface area contributed by atoms with E-state index in [1.165, 1.54) is 18.2 Å². The summed E-state index contributed by atoms with van der Waals surface area (Å²) in [5, 5.41) is 9.07. The fraction of sp³-hybridized carbons (Fsp3) is 0.167. The Hall–Kier alpha value is -1.07. The number of aliphatic hydroxyl groups is 1. The maximum absolute atomic E-state index is 10.4. The van der Waals surface area contributed by atoms with E-state index < -0.39 is 16.4 Å². The average Bonchev–Trinajstić information content (AvgIpc) is 1.85. The highest BCUT2D eigenvalue weighted by Gasteiger charge is 2.16. The summed E-state index contributed by atoms with van der Waals surface area (Å²) in [4.78, 5) is -0.160. The zero-order valence-corrected chi connectivity index (χ0v) is 6.38. The van der Waals surface area contributed by atoms with E-state index in [9.17, 15) is 8.42 Å². The summed E-state index contributed by atoms with van der Waals surface area (Å²) in [7, 11) is -2.44. The molecule has 0 heterocycles. The van der Waals surface area contributed by atoms with Crippen molar-refractivity contribution in [3.8, 4) is 0 Å². The number of hydrogen-bond acceptors (Lipinski definition) is 4. The van der Waals surface area contributed by atoms with E-state index >= 15 is 0 Å². The van der Waals surface area contributed by atoms with Crippen LogP contribution in [0.2, 0.25) is 0 Å². The highest BCUT2D eigenvalue weighted by molar-refractivity contribution is 7.73. The summed E-state index contributed by atoms with van der Waals surface area (Å²) >= 11 is 0. The minimum Gasteiger partial charge on any atom is -0.398 e. The zero-order valence-electron chi connectivity index (χ0n) is 5.56. The summed E-state index contributed by atoms with van der Waals surface area (Å²) in [5.74, 6) is 0. The molecule has 0 amide bonds. The number of rotatable bonds is 0. The van der Waals surface area contributed by atoms with E-state index in [0.717, 1.165) is 0 Å². The van der Waals surface area contributed by atoms with Gasteiger partial charge in [-0.15, -0.1) is 0 Å². The molecule has 60 valence electrons. The van der Waals surface area contributed by atoms with Crippen LogP contribution in [-0.2, 0) is 10.3 Å². The quantitative estimate of drug-likeness (QED) is 0.451. The van der Waals surface area contributed by atoms with Crippen molar-refractivity contribution >= 4 is 15.2 Å². The van der Waals surface area contributed by atoms with Crippen LogP contribution in [0, 0.1) is 0 Å². The van der Waals surface area contributed by atoms with Crippen molar-refractivity contribution in [3.63, 3.8) is 0 Å². The number of aliphatic hydroxyl groups excluding tert-OH is 1. The predicted octanol–water partition coefficient (Wildman–Crippen LogP) is -1.19. The van der Waals surface area contributed by atoms with E-state index in [2.05, 4.69) is 0 Å². The molecule has 5 heteroatoms. The van der Waals surface area contributed by atoms with Gasteiger partial charge in [0.1, 0.15) is 11.0 Å². The van der Waals surface area contributed by atoms with Gasteiger partial charge in [-0.25, -0.2) is 0 Å². The van der Waals surface area contributed by atoms with Gasteiger partial charge in [0, 0.05) is 0 Å². The third-order valence-corrected chi connectivity index (χ3v) is 2.14. The van der Waals surface area contributed by atoms with Crippen LogP contribution in [0.3, 0.4) is 0 Å². The highest BCUT2D eigenvalue weighted by atomic mass is 32.2. The molecule has 1 aliphatic carbocycles. The second-order valence-corrected chi connectivity index (χ2v) is 2.96. The van der Waals surface area contributed by atoms with Crippen LogP contribution in [0.15, 0.2) is 23.9 Å². The van der Waals surface area contributed by atoms with Gasteiger partial charge >= 0.3 is 0 Å². The van der Waals surface area contributed by atoms with Crippen LogP contribution in [0.1, 0.15) is 0 Å². The van der Waals surface area contributed by atoms with E-state index in [4.69, 9.17) is 10.8 Å². The topological polar surface area (TPSA) is 80.4 Å². The molecule has 0 saturated heterocycles. The Labute approximate surface area is 65.2 Å². The standard InChI is InChI=1S/C6H7NO3S/c7-4-2-1-3-5(8)6(4)11(9)10/h1-3,5,8H,7H2. The van der Waals surface area contributed by atoms with E-state index in [0.29, 0.717) is 0 Å². The lowest BCUT2D eigenvalue weighted by atomic mass is 10.1. The molecule has 1 aliphatic rings. The smallest absolute Gasteiger partial charge is 0.222 e. The molecule has 0 aromatic rings. The minimum atomic E-state index is -2.44. The molecule has 0 aliphatic heterocycles. The molecule has 1 rings (SSSR count). The minimum absolute atomic E-state index is 0.0910. The molecule has 1 atom stereocenters. The van der Waals surface area contributed by atoms with Crippen molar-refractivity contribution in [1.82, 2.24) is 0 Å². The van der Waals surface area contributed by atoms with Crippen LogP contribution in [-0.4, -0.2) is 24.5 Å². The van der Waals surface area contributed by atoms with Crippen molar-refractivity contribution in [3.05, 3.63) is 23.9 Å². The van der Waals surface area contributed by atoms with Crippen molar-refractivity contribution in [2.45, 2.75) is 6.10 Å². The Morgan fingerprint density at radius 1 is 1.55 bits per heavy atom. The van der Waals surface area contributed by atoms with Gasteiger partial charge in [0.25, 0.3) is 0 Å². The molecule has 0 bridgehead atoms. The van der Waals surface area contributed by atoms with Gasteiger partial charge in [0.05, 0.1) is 5.70 Å². The first-order chi connectivity index (χ1) is 5.13. The first-order valence-electron chi connectivity index (χ1n) is 2.91. The molecule has 0 spiro atoms. The lowest BCUT2D eigenvalue weighted by Crippen LogP contribution is -2.27. The molecule has 0 fully saturated rings.